The van der Waals surface area contributed by atoms with Crippen molar-refractivity contribution in [3.8, 4) is 0 Å². The Labute approximate surface area is 97.8 Å². The second-order valence-corrected chi connectivity index (χ2v) is 6.96. The van der Waals surface area contributed by atoms with E-state index in [0.717, 1.165) is 17.8 Å². The minimum absolute atomic E-state index is 0.496. The van der Waals surface area contributed by atoms with Crippen LogP contribution in [0.4, 0.5) is 0 Å². The summed E-state index contributed by atoms with van der Waals surface area (Å²) in [7, 11) is 0. The van der Waals surface area contributed by atoms with Gasteiger partial charge in [0.25, 0.3) is 0 Å². The standard InChI is InChI=1S/C15H32/c1-8-12(2)9-13(3)10-14(4)11-15(5,6)7/h12-14H,8-11H2,1-7H3. The van der Waals surface area contributed by atoms with Gasteiger partial charge in [-0.3, -0.25) is 0 Å². The van der Waals surface area contributed by atoms with Gasteiger partial charge in [0.2, 0.25) is 0 Å². The molecule has 0 heterocycles. The number of rotatable bonds is 6. The van der Waals surface area contributed by atoms with E-state index in [1.807, 2.05) is 0 Å². The fourth-order valence-electron chi connectivity index (χ4n) is 2.77. The van der Waals surface area contributed by atoms with Crippen LogP contribution in [0.5, 0.6) is 0 Å². The van der Waals surface area contributed by atoms with E-state index in [2.05, 4.69) is 48.5 Å². The third-order valence-corrected chi connectivity index (χ3v) is 3.27. The summed E-state index contributed by atoms with van der Waals surface area (Å²) in [6.07, 6.45) is 5.50. The Kier molecular flexibility index (Phi) is 6.55. The van der Waals surface area contributed by atoms with Gasteiger partial charge in [0.05, 0.1) is 0 Å². The molecule has 0 fully saturated rings. The first kappa shape index (κ1) is 15.0. The summed E-state index contributed by atoms with van der Waals surface area (Å²) in [5, 5.41) is 0. The Balaban J connectivity index is 3.81. The molecule has 0 N–H and O–H groups in total. The molecule has 0 amide bonds. The first-order chi connectivity index (χ1) is 6.74. The van der Waals surface area contributed by atoms with Crippen molar-refractivity contribution in [1.82, 2.24) is 0 Å². The van der Waals surface area contributed by atoms with Gasteiger partial charge < -0.3 is 0 Å². The molecule has 92 valence electrons. The second kappa shape index (κ2) is 6.55. The van der Waals surface area contributed by atoms with Gasteiger partial charge in [-0.25, -0.2) is 0 Å². The topological polar surface area (TPSA) is 0 Å². The first-order valence-corrected chi connectivity index (χ1v) is 6.74. The summed E-state index contributed by atoms with van der Waals surface area (Å²) in [4.78, 5) is 0. The molecule has 0 aliphatic rings. The van der Waals surface area contributed by atoms with Crippen LogP contribution in [0.2, 0.25) is 0 Å². The first-order valence-electron chi connectivity index (χ1n) is 6.74. The van der Waals surface area contributed by atoms with Crippen molar-refractivity contribution in [2.75, 3.05) is 0 Å². The van der Waals surface area contributed by atoms with E-state index in [0.29, 0.717) is 5.41 Å². The van der Waals surface area contributed by atoms with Crippen LogP contribution >= 0.6 is 0 Å². The molecule has 3 atom stereocenters. The van der Waals surface area contributed by atoms with Crippen LogP contribution in [0.15, 0.2) is 0 Å². The van der Waals surface area contributed by atoms with Crippen molar-refractivity contribution in [2.24, 2.45) is 23.2 Å². The highest BCUT2D eigenvalue weighted by molar-refractivity contribution is 4.69. The molecule has 0 rings (SSSR count). The zero-order chi connectivity index (χ0) is 12.1. The third kappa shape index (κ3) is 8.96. The zero-order valence-electron chi connectivity index (χ0n) is 12.1. The summed E-state index contributed by atoms with van der Waals surface area (Å²) in [5.41, 5.74) is 0.496. The van der Waals surface area contributed by atoms with E-state index in [1.165, 1.54) is 25.7 Å². The maximum atomic E-state index is 2.42. The Morgan fingerprint density at radius 3 is 1.67 bits per heavy atom. The Morgan fingerprint density at radius 2 is 1.27 bits per heavy atom. The van der Waals surface area contributed by atoms with E-state index in [4.69, 9.17) is 0 Å². The highest BCUT2D eigenvalue weighted by Gasteiger charge is 2.17. The fourth-order valence-corrected chi connectivity index (χ4v) is 2.77. The van der Waals surface area contributed by atoms with Crippen molar-refractivity contribution in [1.29, 1.82) is 0 Å². The molecular formula is C15H32. The van der Waals surface area contributed by atoms with Crippen LogP contribution in [0.25, 0.3) is 0 Å². The molecule has 0 nitrogen and oxygen atoms in total. The highest BCUT2D eigenvalue weighted by Crippen LogP contribution is 2.30. The fraction of sp³-hybridized carbons (Fsp3) is 1.00. The molecule has 15 heavy (non-hydrogen) atoms. The molecule has 0 aromatic rings. The van der Waals surface area contributed by atoms with Crippen LogP contribution < -0.4 is 0 Å². The minimum atomic E-state index is 0.496. The largest absolute Gasteiger partial charge is 0.0651 e. The summed E-state index contributed by atoms with van der Waals surface area (Å²) in [6.45, 7) is 16.6. The second-order valence-electron chi connectivity index (χ2n) is 6.96. The van der Waals surface area contributed by atoms with Crippen molar-refractivity contribution in [3.63, 3.8) is 0 Å². The normalized spacial score (nSPS) is 18.6. The van der Waals surface area contributed by atoms with Crippen molar-refractivity contribution in [3.05, 3.63) is 0 Å². The SMILES string of the molecule is CCC(C)CC(C)CC(C)CC(C)(C)C. The molecule has 0 saturated carbocycles. The van der Waals surface area contributed by atoms with Gasteiger partial charge in [0, 0.05) is 0 Å². The van der Waals surface area contributed by atoms with Gasteiger partial charge in [-0.15, -0.1) is 0 Å². The summed E-state index contributed by atoms with van der Waals surface area (Å²) in [6, 6.07) is 0. The molecular weight excluding hydrogens is 180 g/mol. The molecule has 0 aliphatic carbocycles. The van der Waals surface area contributed by atoms with Crippen molar-refractivity contribution in [2.45, 2.75) is 74.1 Å². The zero-order valence-corrected chi connectivity index (χ0v) is 12.1. The molecule has 0 saturated heterocycles. The van der Waals surface area contributed by atoms with Gasteiger partial charge in [0.1, 0.15) is 0 Å². The van der Waals surface area contributed by atoms with Crippen LogP contribution in [-0.2, 0) is 0 Å². The average molecular weight is 212 g/mol. The summed E-state index contributed by atoms with van der Waals surface area (Å²) < 4.78 is 0. The number of hydrogen-bond donors (Lipinski definition) is 0. The molecule has 0 bridgehead atoms. The molecule has 0 aromatic carbocycles. The van der Waals surface area contributed by atoms with Gasteiger partial charge >= 0.3 is 0 Å². The average Bonchev–Trinajstić information content (AvgIpc) is 1.99. The monoisotopic (exact) mass is 212 g/mol. The predicted octanol–water partition coefficient (Wildman–Crippen LogP) is 5.52. The van der Waals surface area contributed by atoms with Crippen LogP contribution in [0.3, 0.4) is 0 Å². The Bertz CT molecular complexity index is 152. The molecule has 0 radical (unpaired) electrons. The minimum Gasteiger partial charge on any atom is -0.0651 e. The van der Waals surface area contributed by atoms with Gasteiger partial charge in [-0.05, 0) is 42.4 Å². The summed E-state index contributed by atoms with van der Waals surface area (Å²) in [5.74, 6) is 2.68. The molecule has 0 spiro atoms. The van der Waals surface area contributed by atoms with Crippen molar-refractivity contribution >= 4 is 0 Å². The lowest BCUT2D eigenvalue weighted by Crippen LogP contribution is -2.14. The quantitative estimate of drug-likeness (QED) is 0.543. The molecule has 0 heteroatoms. The smallest absolute Gasteiger partial charge is 0.0380 e. The lowest BCUT2D eigenvalue weighted by molar-refractivity contribution is 0.257. The van der Waals surface area contributed by atoms with Crippen LogP contribution in [-0.4, -0.2) is 0 Å². The highest BCUT2D eigenvalue weighted by atomic mass is 14.2. The maximum absolute atomic E-state index is 2.42. The summed E-state index contributed by atoms with van der Waals surface area (Å²) >= 11 is 0. The Morgan fingerprint density at radius 1 is 0.800 bits per heavy atom. The maximum Gasteiger partial charge on any atom is -0.0380 e. The van der Waals surface area contributed by atoms with E-state index in [-0.39, 0.29) is 0 Å². The lowest BCUT2D eigenvalue weighted by atomic mass is 9.80. The van der Waals surface area contributed by atoms with E-state index in [1.54, 1.807) is 0 Å². The van der Waals surface area contributed by atoms with E-state index in [9.17, 15) is 0 Å². The lowest BCUT2D eigenvalue weighted by Gasteiger charge is -2.26. The number of hydrogen-bond acceptors (Lipinski definition) is 0. The third-order valence-electron chi connectivity index (χ3n) is 3.27. The van der Waals surface area contributed by atoms with Gasteiger partial charge in [0.15, 0.2) is 0 Å². The van der Waals surface area contributed by atoms with Crippen LogP contribution in [0.1, 0.15) is 74.1 Å². The Hall–Kier alpha value is 0. The van der Waals surface area contributed by atoms with E-state index < -0.39 is 0 Å². The van der Waals surface area contributed by atoms with Gasteiger partial charge in [-0.2, -0.15) is 0 Å². The molecule has 0 aromatic heterocycles. The van der Waals surface area contributed by atoms with Crippen molar-refractivity contribution < 1.29 is 0 Å². The predicted molar refractivity (Wildman–Crippen MR) is 71.1 cm³/mol. The van der Waals surface area contributed by atoms with Gasteiger partial charge in [-0.1, -0.05) is 54.9 Å². The molecule has 0 aliphatic heterocycles. The van der Waals surface area contributed by atoms with E-state index >= 15 is 0 Å². The molecule has 3 unspecified atom stereocenters. The van der Waals surface area contributed by atoms with Crippen LogP contribution in [0, 0.1) is 23.2 Å².